The Bertz CT molecular complexity index is 2330. The molecule has 0 bridgehead atoms. The molecule has 6 rings (SSSR count). The van der Waals surface area contributed by atoms with Crippen LogP contribution in [0.25, 0.3) is 10.1 Å². The molecule has 3 aliphatic heterocycles. The van der Waals surface area contributed by atoms with Crippen molar-refractivity contribution in [3.8, 4) is 6.07 Å². The van der Waals surface area contributed by atoms with Gasteiger partial charge in [-0.3, -0.25) is 32.8 Å². The molecule has 0 aliphatic carbocycles. The molecule has 0 saturated carbocycles. The molecule has 1 unspecified atom stereocenters. The zero-order chi connectivity index (χ0) is 47.2. The first-order chi connectivity index (χ1) is 30.8. The summed E-state index contributed by atoms with van der Waals surface area (Å²) in [4.78, 5) is 83.8. The molecule has 3 fully saturated rings. The maximum atomic E-state index is 16.3. The summed E-state index contributed by atoms with van der Waals surface area (Å²) in [5.41, 5.74) is -4.45. The van der Waals surface area contributed by atoms with Crippen LogP contribution in [0.1, 0.15) is 80.6 Å². The number of nitriles is 1. The highest BCUT2D eigenvalue weighted by molar-refractivity contribution is 7.54. The predicted octanol–water partition coefficient (Wildman–Crippen LogP) is 6.69. The zero-order valence-corrected chi connectivity index (χ0v) is 38.0. The average Bonchev–Trinajstić information content (AvgIpc) is 4.00. The number of carbonyl (C=O) groups excluding carboxylic acids is 6. The third-order valence-electron chi connectivity index (χ3n) is 11.1. The summed E-state index contributed by atoms with van der Waals surface area (Å²) in [6.07, 6.45) is -2.66. The maximum absolute atomic E-state index is 16.3. The van der Waals surface area contributed by atoms with Crippen molar-refractivity contribution in [2.45, 2.75) is 95.8 Å². The molecule has 5 atom stereocenters. The number of rotatable bonds is 14. The van der Waals surface area contributed by atoms with Crippen LogP contribution >= 0.6 is 18.9 Å². The first-order valence-electron chi connectivity index (χ1n) is 20.9. The van der Waals surface area contributed by atoms with Gasteiger partial charge >= 0.3 is 25.6 Å². The molecule has 18 nitrogen and oxygen atoms in total. The Morgan fingerprint density at radius 2 is 1.54 bits per heavy atom. The van der Waals surface area contributed by atoms with Crippen molar-refractivity contribution in [2.75, 3.05) is 39.8 Å². The quantitative estimate of drug-likeness (QED) is 0.101. The van der Waals surface area contributed by atoms with Crippen molar-refractivity contribution in [1.82, 2.24) is 20.0 Å². The lowest BCUT2D eigenvalue weighted by Crippen LogP contribution is -2.61. The van der Waals surface area contributed by atoms with Crippen LogP contribution in [0.3, 0.4) is 0 Å². The van der Waals surface area contributed by atoms with Gasteiger partial charge in [0, 0.05) is 55.3 Å². The SMILES string of the molecule is CC(=O)N1CC[C@H]2CC[C@@H](C(=O)N3C[C@H](c4ccccc4)[C@@H](C#N)C3)N2C(=O)C(NC(=O)c2cc3cc(C(F)(F)P(=O)(OCOC(=O)OC(C)C)OCOC(=O)OC(C)C)ccc3s2)C1. The lowest BCUT2D eigenvalue weighted by Gasteiger charge is -2.39. The summed E-state index contributed by atoms with van der Waals surface area (Å²) in [6, 6.07) is 13.6. The van der Waals surface area contributed by atoms with Crippen molar-refractivity contribution >= 4 is 65.0 Å². The third kappa shape index (κ3) is 11.2. The van der Waals surface area contributed by atoms with E-state index in [-0.39, 0.29) is 47.6 Å². The normalized spacial score (nSPS) is 21.4. The summed E-state index contributed by atoms with van der Waals surface area (Å²) in [5.74, 6) is -2.62. The Morgan fingerprint density at radius 1 is 0.892 bits per heavy atom. The van der Waals surface area contributed by atoms with Crippen LogP contribution in [0.5, 0.6) is 0 Å². The molecule has 0 radical (unpaired) electrons. The van der Waals surface area contributed by atoms with E-state index in [1.165, 1.54) is 56.6 Å². The van der Waals surface area contributed by atoms with Gasteiger partial charge in [-0.2, -0.15) is 14.0 Å². The number of nitrogens with one attached hydrogen (secondary N) is 1. The number of amides is 4. The molecule has 4 amide bonds. The maximum Gasteiger partial charge on any atom is 0.510 e. The number of hydrogen-bond donors (Lipinski definition) is 1. The number of likely N-dealkylation sites (tertiary alicyclic amines) is 1. The van der Waals surface area contributed by atoms with Gasteiger partial charge in [0.25, 0.3) is 5.91 Å². The smallest absolute Gasteiger partial charge is 0.432 e. The van der Waals surface area contributed by atoms with Gasteiger partial charge < -0.3 is 39.0 Å². The van der Waals surface area contributed by atoms with Crippen molar-refractivity contribution in [2.24, 2.45) is 5.92 Å². The summed E-state index contributed by atoms with van der Waals surface area (Å²) in [6.45, 7) is 5.29. The molecule has 3 aliphatic rings. The van der Waals surface area contributed by atoms with E-state index in [1.54, 1.807) is 4.90 Å². The third-order valence-corrected chi connectivity index (χ3v) is 14.1. The second-order valence-electron chi connectivity index (χ2n) is 16.3. The first-order valence-corrected chi connectivity index (χ1v) is 23.3. The van der Waals surface area contributed by atoms with Crippen molar-refractivity contribution in [3.63, 3.8) is 0 Å². The lowest BCUT2D eigenvalue weighted by molar-refractivity contribution is -0.148. The number of benzene rings is 2. The van der Waals surface area contributed by atoms with E-state index in [0.717, 1.165) is 29.0 Å². The van der Waals surface area contributed by atoms with Crippen LogP contribution in [0, 0.1) is 17.2 Å². The van der Waals surface area contributed by atoms with Crippen LogP contribution < -0.4 is 5.32 Å². The molecule has 350 valence electrons. The first kappa shape index (κ1) is 48.8. The Hall–Kier alpha value is -5.68. The Labute approximate surface area is 377 Å². The minimum absolute atomic E-state index is 0.00771. The molecule has 3 saturated heterocycles. The second kappa shape index (κ2) is 20.7. The van der Waals surface area contributed by atoms with Crippen molar-refractivity contribution in [3.05, 3.63) is 70.6 Å². The van der Waals surface area contributed by atoms with Gasteiger partial charge in [-0.05, 0) is 76.1 Å². The number of halogens is 2. The van der Waals surface area contributed by atoms with Gasteiger partial charge in [-0.15, -0.1) is 11.3 Å². The molecule has 65 heavy (non-hydrogen) atoms. The van der Waals surface area contributed by atoms with Crippen LogP contribution in [-0.2, 0) is 52.6 Å². The Balaban J connectivity index is 1.21. The summed E-state index contributed by atoms with van der Waals surface area (Å²) in [5, 5.41) is 12.8. The molecule has 1 N–H and O–H groups in total. The largest absolute Gasteiger partial charge is 0.510 e. The van der Waals surface area contributed by atoms with Crippen LogP contribution in [0.15, 0.2) is 54.6 Å². The molecule has 22 heteroatoms. The van der Waals surface area contributed by atoms with E-state index in [1.807, 2.05) is 30.3 Å². The van der Waals surface area contributed by atoms with Gasteiger partial charge in [0.05, 0.1) is 29.1 Å². The van der Waals surface area contributed by atoms with Crippen LogP contribution in [0.2, 0.25) is 0 Å². The van der Waals surface area contributed by atoms with Crippen molar-refractivity contribution in [1.29, 1.82) is 5.26 Å². The topological polar surface area (TPSA) is 220 Å². The molecule has 1 aromatic heterocycles. The fourth-order valence-corrected chi connectivity index (χ4v) is 10.2. The van der Waals surface area contributed by atoms with Crippen LogP contribution in [0.4, 0.5) is 18.4 Å². The predicted molar refractivity (Wildman–Crippen MR) is 227 cm³/mol. The van der Waals surface area contributed by atoms with Gasteiger partial charge in [-0.25, -0.2) is 9.59 Å². The minimum atomic E-state index is -5.71. The lowest BCUT2D eigenvalue weighted by atomic mass is 9.90. The standard InChI is InChI=1S/C43H50F2N5O13PS/c1-25(2)62-41(55)58-23-60-64(57,61-24-59-42(56)63-26(3)4)43(44,45)31-11-14-36-29(17-31)18-37(65-36)38(52)47-34-22-48(27(5)51)16-15-32-12-13-35(50(32)39(34)53)40(54)49-20-30(19-46)33(21-49)28-9-7-6-8-10-28/h6-11,14,17-18,25-26,30,32-35H,12-13,15-16,20-24H2,1-5H3,(H,47,52)/t30-,32+,33+,34?,35-/m0/s1. The van der Waals surface area contributed by atoms with E-state index < -0.39 is 92.8 Å². The van der Waals surface area contributed by atoms with E-state index >= 15 is 8.78 Å². The number of hydrogen-bond acceptors (Lipinski definition) is 15. The Morgan fingerprint density at radius 3 is 2.14 bits per heavy atom. The number of alkyl halides is 2. The number of ether oxygens (including phenoxy) is 4. The molecular formula is C43H50F2N5O13PS. The van der Waals surface area contributed by atoms with Gasteiger partial charge in [-0.1, -0.05) is 36.4 Å². The molecule has 2 aromatic carbocycles. The molecule has 0 spiro atoms. The van der Waals surface area contributed by atoms with E-state index in [4.69, 9.17) is 18.5 Å². The minimum Gasteiger partial charge on any atom is -0.432 e. The highest BCUT2D eigenvalue weighted by Gasteiger charge is 2.56. The van der Waals surface area contributed by atoms with E-state index in [9.17, 15) is 38.6 Å². The fourth-order valence-electron chi connectivity index (χ4n) is 8.04. The highest BCUT2D eigenvalue weighted by Crippen LogP contribution is 2.67. The molecular weight excluding hydrogens is 896 g/mol. The van der Waals surface area contributed by atoms with E-state index in [2.05, 4.69) is 20.9 Å². The Kier molecular flexibility index (Phi) is 15.5. The van der Waals surface area contributed by atoms with Crippen molar-refractivity contribution < 1.29 is 70.1 Å². The monoisotopic (exact) mass is 945 g/mol. The van der Waals surface area contributed by atoms with Crippen LogP contribution in [-0.4, -0.2) is 121 Å². The van der Waals surface area contributed by atoms with E-state index in [0.29, 0.717) is 30.5 Å². The summed E-state index contributed by atoms with van der Waals surface area (Å²) >= 11 is 0.901. The highest BCUT2D eigenvalue weighted by atomic mass is 32.1. The summed E-state index contributed by atoms with van der Waals surface area (Å²) in [7, 11) is -5.71. The summed E-state index contributed by atoms with van der Waals surface area (Å²) < 4.78 is 75.1. The fraction of sp³-hybridized carbons (Fsp3) is 0.512. The number of carbonyl (C=O) groups is 6. The average molecular weight is 946 g/mol. The van der Waals surface area contributed by atoms with Gasteiger partial charge in [0.2, 0.25) is 31.3 Å². The number of nitrogens with zero attached hydrogens (tertiary/aromatic N) is 4. The zero-order valence-electron chi connectivity index (χ0n) is 36.3. The van der Waals surface area contributed by atoms with Gasteiger partial charge in [0.1, 0.15) is 12.1 Å². The molecule has 3 aromatic rings. The number of thiophene rings is 1. The molecule has 4 heterocycles. The number of fused-ring (bicyclic) bond motifs is 2. The van der Waals surface area contributed by atoms with Gasteiger partial charge in [0.15, 0.2) is 0 Å². The second-order valence-corrected chi connectivity index (χ2v) is 19.4.